The van der Waals surface area contributed by atoms with E-state index in [0.717, 1.165) is 22.4 Å². The van der Waals surface area contributed by atoms with E-state index in [1.807, 2.05) is 18.2 Å². The molecule has 0 radical (unpaired) electrons. The first kappa shape index (κ1) is 25.9. The highest BCUT2D eigenvalue weighted by Gasteiger charge is 2.35. The summed E-state index contributed by atoms with van der Waals surface area (Å²) < 4.78 is 11.2. The summed E-state index contributed by atoms with van der Waals surface area (Å²) in [4.78, 5) is 27.1. The second kappa shape index (κ2) is 11.3. The Morgan fingerprint density at radius 3 is 2.66 bits per heavy atom. The van der Waals surface area contributed by atoms with E-state index in [0.29, 0.717) is 57.0 Å². The van der Waals surface area contributed by atoms with Crippen LogP contribution in [0.5, 0.6) is 5.75 Å². The third-order valence-corrected chi connectivity index (χ3v) is 7.15. The zero-order valence-electron chi connectivity index (χ0n) is 21.4. The van der Waals surface area contributed by atoms with E-state index in [4.69, 9.17) is 9.47 Å². The number of fused-ring (bicyclic) bond motifs is 1. The standard InChI is InChI=1S/C28H33N5O5/c1-28(36,18-30-26(34)20-2-4-21(5-3-20)27(35)33-8-10-37-11-9-33)25-13-22-6-7-24(12-23(22)16-29-25)38-17-19-14-31-32-15-19/h2-7,12,14-15,25,29,36H,8-11,13,16-18H2,1H3,(H,30,34)(H,31,32)/t25-,28-/m0/s1. The maximum absolute atomic E-state index is 12.8. The zero-order chi connectivity index (χ0) is 26.5. The predicted molar refractivity (Wildman–Crippen MR) is 140 cm³/mol. The minimum Gasteiger partial charge on any atom is -0.489 e. The smallest absolute Gasteiger partial charge is 0.254 e. The van der Waals surface area contributed by atoms with Crippen LogP contribution in [0.2, 0.25) is 0 Å². The van der Waals surface area contributed by atoms with E-state index in [1.165, 1.54) is 0 Å². The molecule has 0 bridgehead atoms. The van der Waals surface area contributed by atoms with Crippen LogP contribution >= 0.6 is 0 Å². The molecule has 10 heteroatoms. The monoisotopic (exact) mass is 519 g/mol. The highest BCUT2D eigenvalue weighted by atomic mass is 16.5. The molecule has 0 saturated carbocycles. The molecule has 2 aromatic carbocycles. The molecule has 1 saturated heterocycles. The number of aromatic nitrogens is 2. The molecule has 200 valence electrons. The largest absolute Gasteiger partial charge is 0.489 e. The van der Waals surface area contributed by atoms with Gasteiger partial charge in [-0.2, -0.15) is 5.10 Å². The van der Waals surface area contributed by atoms with E-state index in [9.17, 15) is 14.7 Å². The lowest BCUT2D eigenvalue weighted by Gasteiger charge is -2.37. The van der Waals surface area contributed by atoms with Crippen LogP contribution < -0.4 is 15.4 Å². The molecule has 4 N–H and O–H groups in total. The summed E-state index contributed by atoms with van der Waals surface area (Å²) in [6.07, 6.45) is 4.15. The van der Waals surface area contributed by atoms with Crippen LogP contribution in [0.15, 0.2) is 54.9 Å². The number of aromatic amines is 1. The maximum atomic E-state index is 12.8. The Bertz CT molecular complexity index is 1250. The van der Waals surface area contributed by atoms with Gasteiger partial charge in [0.25, 0.3) is 11.8 Å². The molecule has 1 fully saturated rings. The summed E-state index contributed by atoms with van der Waals surface area (Å²) in [7, 11) is 0. The minimum absolute atomic E-state index is 0.0662. The Morgan fingerprint density at radius 2 is 1.92 bits per heavy atom. The van der Waals surface area contributed by atoms with Crippen molar-refractivity contribution in [1.82, 2.24) is 25.7 Å². The van der Waals surface area contributed by atoms with E-state index < -0.39 is 5.60 Å². The third-order valence-electron chi connectivity index (χ3n) is 7.15. The second-order valence-corrected chi connectivity index (χ2v) is 9.99. The summed E-state index contributed by atoms with van der Waals surface area (Å²) in [5.41, 5.74) is 3.03. The number of nitrogens with zero attached hydrogens (tertiary/aromatic N) is 2. The van der Waals surface area contributed by atoms with Gasteiger partial charge in [-0.25, -0.2) is 0 Å². The average molecular weight is 520 g/mol. The fraction of sp³-hybridized carbons (Fsp3) is 0.393. The van der Waals surface area contributed by atoms with Crippen molar-refractivity contribution in [3.05, 3.63) is 82.7 Å². The van der Waals surface area contributed by atoms with E-state index >= 15 is 0 Å². The number of carbonyl (C=O) groups is 2. The summed E-state index contributed by atoms with van der Waals surface area (Å²) in [6, 6.07) is 12.4. The third kappa shape index (κ3) is 6.04. The van der Waals surface area contributed by atoms with E-state index in [1.54, 1.807) is 48.5 Å². The minimum atomic E-state index is -1.17. The summed E-state index contributed by atoms with van der Waals surface area (Å²) in [6.45, 7) is 5.04. The van der Waals surface area contributed by atoms with Gasteiger partial charge in [-0.3, -0.25) is 14.7 Å². The van der Waals surface area contributed by atoms with Crippen LogP contribution in [-0.4, -0.2) is 76.5 Å². The first-order valence-corrected chi connectivity index (χ1v) is 12.8. The zero-order valence-corrected chi connectivity index (χ0v) is 21.4. The van der Waals surface area contributed by atoms with Gasteiger partial charge in [0.1, 0.15) is 12.4 Å². The molecule has 2 aliphatic heterocycles. The van der Waals surface area contributed by atoms with Crippen molar-refractivity contribution in [2.24, 2.45) is 0 Å². The van der Waals surface area contributed by atoms with Crippen molar-refractivity contribution in [1.29, 1.82) is 0 Å². The van der Waals surface area contributed by atoms with Crippen molar-refractivity contribution in [3.8, 4) is 5.75 Å². The van der Waals surface area contributed by atoms with Gasteiger partial charge in [-0.1, -0.05) is 6.07 Å². The molecule has 3 aromatic rings. The van der Waals surface area contributed by atoms with E-state index in [2.05, 4.69) is 20.8 Å². The number of ether oxygens (including phenoxy) is 2. The number of aliphatic hydroxyl groups is 1. The maximum Gasteiger partial charge on any atom is 0.254 e. The Kier molecular flexibility index (Phi) is 7.73. The first-order valence-electron chi connectivity index (χ1n) is 12.8. The highest BCUT2D eigenvalue weighted by molar-refractivity contribution is 5.97. The van der Waals surface area contributed by atoms with E-state index in [-0.39, 0.29) is 24.4 Å². The molecule has 5 rings (SSSR count). The number of hydrogen-bond acceptors (Lipinski definition) is 7. The molecule has 3 heterocycles. The molecule has 0 unspecified atom stereocenters. The first-order chi connectivity index (χ1) is 18.4. The SMILES string of the molecule is C[C@](O)(CNC(=O)c1ccc(C(=O)N2CCOCC2)cc1)[C@@H]1Cc2ccc(OCc3cn[nH]c3)cc2CN1. The topological polar surface area (TPSA) is 129 Å². The Morgan fingerprint density at radius 1 is 1.16 bits per heavy atom. The fourth-order valence-electron chi connectivity index (χ4n) is 4.74. The van der Waals surface area contributed by atoms with Crippen molar-refractivity contribution in [2.45, 2.75) is 38.1 Å². The molecular weight excluding hydrogens is 486 g/mol. The van der Waals surface area contributed by atoms with Gasteiger partial charge in [0.15, 0.2) is 0 Å². The van der Waals surface area contributed by atoms with Gasteiger partial charge in [0.05, 0.1) is 25.0 Å². The van der Waals surface area contributed by atoms with Crippen LogP contribution in [-0.2, 0) is 24.3 Å². The number of benzene rings is 2. The number of morpholine rings is 1. The Balaban J connectivity index is 1.13. The van der Waals surface area contributed by atoms with Gasteiger partial charge in [-0.15, -0.1) is 0 Å². The second-order valence-electron chi connectivity index (χ2n) is 9.99. The molecule has 1 aromatic heterocycles. The van der Waals surface area contributed by atoms with Crippen molar-refractivity contribution in [2.75, 3.05) is 32.8 Å². The summed E-state index contributed by atoms with van der Waals surface area (Å²) in [5.74, 6) is 0.414. The van der Waals surface area contributed by atoms with Gasteiger partial charge >= 0.3 is 0 Å². The van der Waals surface area contributed by atoms with Crippen LogP contribution in [0.1, 0.15) is 44.3 Å². The number of nitrogens with one attached hydrogen (secondary N) is 3. The van der Waals surface area contributed by atoms with Crippen molar-refractivity contribution in [3.63, 3.8) is 0 Å². The van der Waals surface area contributed by atoms with Crippen LogP contribution in [0.3, 0.4) is 0 Å². The highest BCUT2D eigenvalue weighted by Crippen LogP contribution is 2.26. The molecule has 2 aliphatic rings. The van der Waals surface area contributed by atoms with Crippen LogP contribution in [0, 0.1) is 0 Å². The van der Waals surface area contributed by atoms with Crippen LogP contribution in [0.25, 0.3) is 0 Å². The van der Waals surface area contributed by atoms with Gasteiger partial charge in [-0.05, 0) is 60.9 Å². The number of carbonyl (C=O) groups excluding carboxylic acids is 2. The lowest BCUT2D eigenvalue weighted by atomic mass is 9.86. The normalized spacial score (nSPS) is 18.8. The number of hydrogen-bond donors (Lipinski definition) is 4. The van der Waals surface area contributed by atoms with Gasteiger partial charge < -0.3 is 30.1 Å². The Labute approximate surface area is 221 Å². The Hall–Kier alpha value is -3.73. The number of H-pyrrole nitrogens is 1. The fourth-order valence-corrected chi connectivity index (χ4v) is 4.74. The summed E-state index contributed by atoms with van der Waals surface area (Å²) in [5, 5.41) is 24.1. The van der Waals surface area contributed by atoms with Crippen LogP contribution in [0.4, 0.5) is 0 Å². The molecular formula is C28H33N5O5. The lowest BCUT2D eigenvalue weighted by molar-refractivity contribution is 0.0166. The molecule has 2 amide bonds. The van der Waals surface area contributed by atoms with Crippen molar-refractivity contribution >= 4 is 11.8 Å². The molecule has 0 aliphatic carbocycles. The molecule has 10 nitrogen and oxygen atoms in total. The van der Waals surface area contributed by atoms with Crippen molar-refractivity contribution < 1.29 is 24.2 Å². The quantitative estimate of drug-likeness (QED) is 0.356. The number of rotatable bonds is 8. The molecule has 2 atom stereocenters. The predicted octanol–water partition coefficient (Wildman–Crippen LogP) is 1.66. The van der Waals surface area contributed by atoms with Gasteiger partial charge in [0, 0.05) is 55.1 Å². The summed E-state index contributed by atoms with van der Waals surface area (Å²) >= 11 is 0. The lowest BCUT2D eigenvalue weighted by Crippen LogP contribution is -2.57. The molecule has 38 heavy (non-hydrogen) atoms. The average Bonchev–Trinajstić information content (AvgIpc) is 3.48. The number of amides is 2. The molecule has 0 spiro atoms. The van der Waals surface area contributed by atoms with Gasteiger partial charge in [0.2, 0.25) is 0 Å².